The second kappa shape index (κ2) is 8.52. The molecule has 2 amide bonds. The van der Waals surface area contributed by atoms with Crippen LogP contribution in [0.3, 0.4) is 0 Å². The number of rotatable bonds is 6. The molecule has 1 fully saturated rings. The van der Waals surface area contributed by atoms with E-state index in [2.05, 4.69) is 10.6 Å². The molecule has 5 heteroatoms. The topological polar surface area (TPSA) is 59.6 Å². The Bertz CT molecular complexity index is 445. The molecule has 0 unspecified atom stereocenters. The molecule has 2 rings (SSSR count). The standard InChI is InChI=1S/C16H24N2O3/c1-20-15-5-3-2-4-14(15)6-9-17-16(19)18-12-13-7-10-21-11-8-13/h2-5,13H,6-12H2,1H3,(H2,17,18,19). The summed E-state index contributed by atoms with van der Waals surface area (Å²) in [7, 11) is 1.66. The number of carbonyl (C=O) groups excluding carboxylic acids is 1. The molecular formula is C16H24N2O3. The Balaban J connectivity index is 1.64. The number of urea groups is 1. The SMILES string of the molecule is COc1ccccc1CCNC(=O)NCC1CCOCC1. The van der Waals surface area contributed by atoms with Gasteiger partial charge in [0.1, 0.15) is 5.75 Å². The highest BCUT2D eigenvalue weighted by molar-refractivity contribution is 5.73. The van der Waals surface area contributed by atoms with Crippen LogP contribution >= 0.6 is 0 Å². The van der Waals surface area contributed by atoms with E-state index in [1.807, 2.05) is 24.3 Å². The Hall–Kier alpha value is -1.75. The first-order valence-electron chi connectivity index (χ1n) is 7.51. The highest BCUT2D eigenvalue weighted by Gasteiger charge is 2.14. The minimum Gasteiger partial charge on any atom is -0.496 e. The summed E-state index contributed by atoms with van der Waals surface area (Å²) in [5, 5.41) is 5.82. The summed E-state index contributed by atoms with van der Waals surface area (Å²) in [6, 6.07) is 7.76. The molecular weight excluding hydrogens is 268 g/mol. The van der Waals surface area contributed by atoms with Gasteiger partial charge in [-0.2, -0.15) is 0 Å². The minimum absolute atomic E-state index is 0.101. The molecule has 0 bridgehead atoms. The van der Waals surface area contributed by atoms with E-state index in [1.165, 1.54) is 0 Å². The van der Waals surface area contributed by atoms with Gasteiger partial charge >= 0.3 is 6.03 Å². The molecule has 2 N–H and O–H groups in total. The van der Waals surface area contributed by atoms with Gasteiger partial charge in [0.15, 0.2) is 0 Å². The van der Waals surface area contributed by atoms with Crippen molar-refractivity contribution in [3.63, 3.8) is 0 Å². The van der Waals surface area contributed by atoms with Gasteiger partial charge in [0, 0.05) is 26.3 Å². The third-order valence-electron chi connectivity index (χ3n) is 3.76. The summed E-state index contributed by atoms with van der Waals surface area (Å²) in [5.74, 6) is 1.40. The summed E-state index contributed by atoms with van der Waals surface area (Å²) in [4.78, 5) is 11.7. The first-order valence-corrected chi connectivity index (χ1v) is 7.51. The van der Waals surface area contributed by atoms with Crippen molar-refractivity contribution in [2.75, 3.05) is 33.4 Å². The molecule has 1 aromatic rings. The van der Waals surface area contributed by atoms with Crippen LogP contribution in [0, 0.1) is 5.92 Å². The predicted molar refractivity (Wildman–Crippen MR) is 81.6 cm³/mol. The first-order chi connectivity index (χ1) is 10.3. The Morgan fingerprint density at radius 1 is 1.29 bits per heavy atom. The van der Waals surface area contributed by atoms with Gasteiger partial charge in [0.25, 0.3) is 0 Å². The maximum atomic E-state index is 11.7. The third kappa shape index (κ3) is 5.27. The Morgan fingerprint density at radius 2 is 2.05 bits per heavy atom. The van der Waals surface area contributed by atoms with Gasteiger partial charge in [-0.1, -0.05) is 18.2 Å². The van der Waals surface area contributed by atoms with Gasteiger partial charge in [-0.15, -0.1) is 0 Å². The smallest absolute Gasteiger partial charge is 0.314 e. The van der Waals surface area contributed by atoms with Gasteiger partial charge in [0.05, 0.1) is 7.11 Å². The molecule has 21 heavy (non-hydrogen) atoms. The van der Waals surface area contributed by atoms with Crippen LogP contribution in [0.2, 0.25) is 0 Å². The van der Waals surface area contributed by atoms with E-state index in [-0.39, 0.29) is 6.03 Å². The van der Waals surface area contributed by atoms with Gasteiger partial charge in [-0.25, -0.2) is 4.79 Å². The number of hydrogen-bond acceptors (Lipinski definition) is 3. The van der Waals surface area contributed by atoms with Crippen LogP contribution in [0.25, 0.3) is 0 Å². The maximum absolute atomic E-state index is 11.7. The quantitative estimate of drug-likeness (QED) is 0.842. The molecule has 0 atom stereocenters. The number of amides is 2. The Morgan fingerprint density at radius 3 is 2.81 bits per heavy atom. The second-order valence-electron chi connectivity index (χ2n) is 5.25. The zero-order chi connectivity index (χ0) is 14.9. The molecule has 1 aliphatic heterocycles. The highest BCUT2D eigenvalue weighted by atomic mass is 16.5. The van der Waals surface area contributed by atoms with Crippen molar-refractivity contribution in [2.45, 2.75) is 19.3 Å². The van der Waals surface area contributed by atoms with Crippen LogP contribution in [-0.4, -0.2) is 39.4 Å². The number of nitrogens with one attached hydrogen (secondary N) is 2. The number of carbonyl (C=O) groups is 1. The molecule has 116 valence electrons. The van der Waals surface area contributed by atoms with Crippen LogP contribution in [0.5, 0.6) is 5.75 Å². The van der Waals surface area contributed by atoms with E-state index >= 15 is 0 Å². The summed E-state index contributed by atoms with van der Waals surface area (Å²) >= 11 is 0. The molecule has 0 spiro atoms. The molecule has 1 aromatic carbocycles. The molecule has 0 radical (unpaired) electrons. The summed E-state index contributed by atoms with van der Waals surface area (Å²) < 4.78 is 10.6. The number of benzene rings is 1. The fourth-order valence-electron chi connectivity index (χ4n) is 2.47. The summed E-state index contributed by atoms with van der Waals surface area (Å²) in [6.07, 6.45) is 2.82. The van der Waals surface area contributed by atoms with E-state index in [0.29, 0.717) is 12.5 Å². The molecule has 1 aliphatic rings. The molecule has 5 nitrogen and oxygen atoms in total. The number of hydrogen-bond donors (Lipinski definition) is 2. The van der Waals surface area contributed by atoms with Gasteiger partial charge in [-0.05, 0) is 36.8 Å². The lowest BCUT2D eigenvalue weighted by atomic mass is 10.0. The predicted octanol–water partition coefficient (Wildman–Crippen LogP) is 1.96. The normalized spacial score (nSPS) is 15.5. The fourth-order valence-corrected chi connectivity index (χ4v) is 2.47. The summed E-state index contributed by atoms with van der Waals surface area (Å²) in [6.45, 7) is 2.94. The van der Waals surface area contributed by atoms with Gasteiger partial charge in [-0.3, -0.25) is 0 Å². The Kier molecular flexibility index (Phi) is 6.34. The second-order valence-corrected chi connectivity index (χ2v) is 5.25. The van der Waals surface area contributed by atoms with E-state index < -0.39 is 0 Å². The van der Waals surface area contributed by atoms with E-state index in [4.69, 9.17) is 9.47 Å². The van der Waals surface area contributed by atoms with Crippen molar-refractivity contribution in [3.05, 3.63) is 29.8 Å². The molecule has 0 saturated carbocycles. The lowest BCUT2D eigenvalue weighted by Gasteiger charge is -2.22. The average Bonchev–Trinajstić information content (AvgIpc) is 2.54. The van der Waals surface area contributed by atoms with E-state index in [9.17, 15) is 4.79 Å². The van der Waals surface area contributed by atoms with Crippen molar-refractivity contribution in [1.29, 1.82) is 0 Å². The minimum atomic E-state index is -0.101. The van der Waals surface area contributed by atoms with Crippen LogP contribution < -0.4 is 15.4 Å². The highest BCUT2D eigenvalue weighted by Crippen LogP contribution is 2.17. The monoisotopic (exact) mass is 292 g/mol. The molecule has 1 heterocycles. The van der Waals surface area contributed by atoms with Crippen molar-refractivity contribution in [3.8, 4) is 5.75 Å². The van der Waals surface area contributed by atoms with Crippen molar-refractivity contribution >= 4 is 6.03 Å². The van der Waals surface area contributed by atoms with Crippen LogP contribution in [0.4, 0.5) is 4.79 Å². The lowest BCUT2D eigenvalue weighted by molar-refractivity contribution is 0.0669. The van der Waals surface area contributed by atoms with Crippen molar-refractivity contribution in [1.82, 2.24) is 10.6 Å². The maximum Gasteiger partial charge on any atom is 0.314 e. The number of methoxy groups -OCH3 is 1. The molecule has 0 aliphatic carbocycles. The van der Waals surface area contributed by atoms with Crippen LogP contribution in [-0.2, 0) is 11.2 Å². The largest absolute Gasteiger partial charge is 0.496 e. The van der Waals surface area contributed by atoms with Gasteiger partial charge < -0.3 is 20.1 Å². The zero-order valence-corrected chi connectivity index (χ0v) is 12.6. The van der Waals surface area contributed by atoms with Gasteiger partial charge in [0.2, 0.25) is 0 Å². The zero-order valence-electron chi connectivity index (χ0n) is 12.6. The summed E-state index contributed by atoms with van der Waals surface area (Å²) in [5.41, 5.74) is 1.10. The van der Waals surface area contributed by atoms with Crippen molar-refractivity contribution < 1.29 is 14.3 Å². The Labute approximate surface area is 126 Å². The van der Waals surface area contributed by atoms with Crippen LogP contribution in [0.1, 0.15) is 18.4 Å². The van der Waals surface area contributed by atoms with Crippen molar-refractivity contribution in [2.24, 2.45) is 5.92 Å². The molecule has 0 aromatic heterocycles. The van der Waals surface area contributed by atoms with Crippen LogP contribution in [0.15, 0.2) is 24.3 Å². The number of ether oxygens (including phenoxy) is 2. The third-order valence-corrected chi connectivity index (χ3v) is 3.76. The average molecular weight is 292 g/mol. The first kappa shape index (κ1) is 15.6. The fraction of sp³-hybridized carbons (Fsp3) is 0.562. The van der Waals surface area contributed by atoms with E-state index in [1.54, 1.807) is 7.11 Å². The molecule has 1 saturated heterocycles. The lowest BCUT2D eigenvalue weighted by Crippen LogP contribution is -2.40. The van der Waals surface area contributed by atoms with E-state index in [0.717, 1.165) is 50.3 Å². The number of para-hydroxylation sites is 1.